The Morgan fingerprint density at radius 2 is 1.67 bits per heavy atom. The first-order chi connectivity index (χ1) is 12.8. The lowest BCUT2D eigenvalue weighted by atomic mass is 9.97. The molecule has 144 valence electrons. The van der Waals surface area contributed by atoms with Gasteiger partial charge in [0.05, 0.1) is 4.90 Å². The Hall–Kier alpha value is -2.58. The van der Waals surface area contributed by atoms with Crippen LogP contribution < -0.4 is 19.9 Å². The standard InChI is InChI=1S/C19H22N2O5S/c1-12(2)18(14-5-8-16-17(11-14)26-10-9-25-16)21-27(23,24)15-6-3-13(4-7-15)19(20)22/h3-8,11-12,18,21H,9-10H2,1-2H3,(H2,20,22). The first kappa shape index (κ1) is 19.2. The van der Waals surface area contributed by atoms with Crippen LogP contribution in [0.25, 0.3) is 0 Å². The molecule has 1 aliphatic rings. The largest absolute Gasteiger partial charge is 0.486 e. The molecule has 2 aromatic carbocycles. The van der Waals surface area contributed by atoms with E-state index in [2.05, 4.69) is 4.72 Å². The fourth-order valence-electron chi connectivity index (χ4n) is 2.88. The van der Waals surface area contributed by atoms with Crippen LogP contribution in [0.2, 0.25) is 0 Å². The highest BCUT2D eigenvalue weighted by molar-refractivity contribution is 7.89. The molecule has 3 rings (SSSR count). The Balaban J connectivity index is 1.88. The van der Waals surface area contributed by atoms with E-state index in [4.69, 9.17) is 15.2 Å². The highest BCUT2D eigenvalue weighted by Crippen LogP contribution is 2.35. The molecule has 0 aliphatic carbocycles. The van der Waals surface area contributed by atoms with E-state index >= 15 is 0 Å². The molecule has 3 N–H and O–H groups in total. The molecule has 1 atom stereocenters. The van der Waals surface area contributed by atoms with Gasteiger partial charge in [-0.2, -0.15) is 0 Å². The van der Waals surface area contributed by atoms with Crippen molar-refractivity contribution in [2.45, 2.75) is 24.8 Å². The van der Waals surface area contributed by atoms with Gasteiger partial charge in [-0.3, -0.25) is 4.79 Å². The van der Waals surface area contributed by atoms with Crippen molar-refractivity contribution in [2.24, 2.45) is 11.7 Å². The zero-order valence-electron chi connectivity index (χ0n) is 15.1. The molecule has 1 amide bonds. The molecule has 7 nitrogen and oxygen atoms in total. The highest BCUT2D eigenvalue weighted by atomic mass is 32.2. The number of nitrogens with one attached hydrogen (secondary N) is 1. The number of hydrogen-bond acceptors (Lipinski definition) is 5. The number of carbonyl (C=O) groups excluding carboxylic acids is 1. The van der Waals surface area contributed by atoms with Gasteiger partial charge < -0.3 is 15.2 Å². The maximum absolute atomic E-state index is 12.8. The minimum Gasteiger partial charge on any atom is -0.486 e. The molecule has 27 heavy (non-hydrogen) atoms. The molecule has 0 saturated heterocycles. The van der Waals surface area contributed by atoms with Crippen molar-refractivity contribution in [3.05, 3.63) is 53.6 Å². The van der Waals surface area contributed by atoms with Gasteiger partial charge in [0.1, 0.15) is 13.2 Å². The third-order valence-electron chi connectivity index (χ3n) is 4.32. The molecule has 0 spiro atoms. The van der Waals surface area contributed by atoms with Crippen LogP contribution in [0.4, 0.5) is 0 Å². The zero-order valence-corrected chi connectivity index (χ0v) is 16.0. The second kappa shape index (κ2) is 7.58. The normalized spacial score (nSPS) is 14.8. The molecule has 0 saturated carbocycles. The third kappa shape index (κ3) is 4.23. The summed E-state index contributed by atoms with van der Waals surface area (Å²) >= 11 is 0. The van der Waals surface area contributed by atoms with Crippen LogP contribution in [0, 0.1) is 5.92 Å². The Bertz CT molecular complexity index is 939. The van der Waals surface area contributed by atoms with E-state index in [1.54, 1.807) is 12.1 Å². The number of amides is 1. The monoisotopic (exact) mass is 390 g/mol. The molecule has 1 aliphatic heterocycles. The average molecular weight is 390 g/mol. The van der Waals surface area contributed by atoms with Crippen molar-refractivity contribution in [3.8, 4) is 11.5 Å². The molecule has 0 radical (unpaired) electrons. The fraction of sp³-hybridized carbons (Fsp3) is 0.316. The van der Waals surface area contributed by atoms with E-state index in [1.165, 1.54) is 24.3 Å². The predicted molar refractivity (Wildman–Crippen MR) is 100 cm³/mol. The lowest BCUT2D eigenvalue weighted by Crippen LogP contribution is -2.32. The summed E-state index contributed by atoms with van der Waals surface area (Å²) < 4.78 is 39.5. The summed E-state index contributed by atoms with van der Waals surface area (Å²) in [4.78, 5) is 11.2. The van der Waals surface area contributed by atoms with Crippen molar-refractivity contribution < 1.29 is 22.7 Å². The summed E-state index contributed by atoms with van der Waals surface area (Å²) in [6.45, 7) is 4.81. The predicted octanol–water partition coefficient (Wildman–Crippen LogP) is 2.23. The number of fused-ring (bicyclic) bond motifs is 1. The molecule has 1 heterocycles. The second-order valence-electron chi connectivity index (χ2n) is 6.63. The van der Waals surface area contributed by atoms with Gasteiger partial charge >= 0.3 is 0 Å². The van der Waals surface area contributed by atoms with Gasteiger partial charge in [-0.15, -0.1) is 0 Å². The number of carbonyl (C=O) groups is 1. The van der Waals surface area contributed by atoms with Gasteiger partial charge in [-0.05, 0) is 47.9 Å². The number of hydrogen-bond donors (Lipinski definition) is 2. The van der Waals surface area contributed by atoms with Crippen LogP contribution in [-0.4, -0.2) is 27.5 Å². The first-order valence-corrected chi connectivity index (χ1v) is 10.1. The van der Waals surface area contributed by atoms with E-state index < -0.39 is 22.0 Å². The van der Waals surface area contributed by atoms with Crippen LogP contribution in [0.1, 0.15) is 35.8 Å². The second-order valence-corrected chi connectivity index (χ2v) is 8.35. The Kier molecular flexibility index (Phi) is 5.38. The number of nitrogens with two attached hydrogens (primary N) is 1. The summed E-state index contributed by atoms with van der Waals surface area (Å²) in [5, 5.41) is 0. The Morgan fingerprint density at radius 3 is 2.26 bits per heavy atom. The molecule has 0 fully saturated rings. The third-order valence-corrected chi connectivity index (χ3v) is 5.78. The van der Waals surface area contributed by atoms with Crippen LogP contribution in [0.15, 0.2) is 47.4 Å². The van der Waals surface area contributed by atoms with Crippen LogP contribution in [0.3, 0.4) is 0 Å². The van der Waals surface area contributed by atoms with Crippen LogP contribution in [-0.2, 0) is 10.0 Å². The van der Waals surface area contributed by atoms with Crippen molar-refractivity contribution in [1.82, 2.24) is 4.72 Å². The molecule has 8 heteroatoms. The molecular weight excluding hydrogens is 368 g/mol. The number of ether oxygens (including phenoxy) is 2. The van der Waals surface area contributed by atoms with Gasteiger partial charge in [0.15, 0.2) is 11.5 Å². The Morgan fingerprint density at radius 1 is 1.04 bits per heavy atom. The van der Waals surface area contributed by atoms with E-state index in [9.17, 15) is 13.2 Å². The van der Waals surface area contributed by atoms with Gasteiger partial charge in [0.2, 0.25) is 15.9 Å². The minimum atomic E-state index is -3.79. The summed E-state index contributed by atoms with van der Waals surface area (Å²) in [6.07, 6.45) is 0. The molecule has 1 unspecified atom stereocenters. The van der Waals surface area contributed by atoms with E-state index in [1.807, 2.05) is 19.9 Å². The summed E-state index contributed by atoms with van der Waals surface area (Å²) in [7, 11) is -3.79. The van der Waals surface area contributed by atoms with Gasteiger partial charge in [0, 0.05) is 11.6 Å². The smallest absolute Gasteiger partial charge is 0.248 e. The number of benzene rings is 2. The topological polar surface area (TPSA) is 108 Å². The van der Waals surface area contributed by atoms with Gasteiger partial charge in [0.25, 0.3) is 0 Å². The van der Waals surface area contributed by atoms with Crippen molar-refractivity contribution in [3.63, 3.8) is 0 Å². The van der Waals surface area contributed by atoms with E-state index in [0.717, 1.165) is 5.56 Å². The van der Waals surface area contributed by atoms with Crippen LogP contribution >= 0.6 is 0 Å². The summed E-state index contributed by atoms with van der Waals surface area (Å²) in [5.41, 5.74) is 6.23. The maximum Gasteiger partial charge on any atom is 0.248 e. The van der Waals surface area contributed by atoms with E-state index in [0.29, 0.717) is 24.7 Å². The number of primary amides is 1. The maximum atomic E-state index is 12.8. The average Bonchev–Trinajstić information content (AvgIpc) is 2.65. The van der Waals surface area contributed by atoms with Crippen molar-refractivity contribution in [1.29, 1.82) is 0 Å². The SMILES string of the molecule is CC(C)C(NS(=O)(=O)c1ccc(C(N)=O)cc1)c1ccc2c(c1)OCCO2. The summed E-state index contributed by atoms with van der Waals surface area (Å²) in [5.74, 6) is 0.641. The summed E-state index contributed by atoms with van der Waals surface area (Å²) in [6, 6.07) is 10.5. The lowest BCUT2D eigenvalue weighted by molar-refractivity contribution is 0.1000. The number of sulfonamides is 1. The first-order valence-electron chi connectivity index (χ1n) is 8.59. The van der Waals surface area contributed by atoms with E-state index in [-0.39, 0.29) is 16.4 Å². The van der Waals surface area contributed by atoms with Gasteiger partial charge in [-0.1, -0.05) is 19.9 Å². The highest BCUT2D eigenvalue weighted by Gasteiger charge is 2.25. The quantitative estimate of drug-likeness (QED) is 0.786. The molecular formula is C19H22N2O5S. The Labute approximate surface area is 158 Å². The fourth-order valence-corrected chi connectivity index (χ4v) is 4.25. The van der Waals surface area contributed by atoms with Crippen molar-refractivity contribution >= 4 is 15.9 Å². The minimum absolute atomic E-state index is 0.00720. The molecule has 2 aromatic rings. The van der Waals surface area contributed by atoms with Crippen LogP contribution in [0.5, 0.6) is 11.5 Å². The number of rotatable bonds is 6. The lowest BCUT2D eigenvalue weighted by Gasteiger charge is -2.25. The molecule has 0 aromatic heterocycles. The zero-order chi connectivity index (χ0) is 19.6. The molecule has 0 bridgehead atoms. The van der Waals surface area contributed by atoms with Gasteiger partial charge in [-0.25, -0.2) is 13.1 Å². The van der Waals surface area contributed by atoms with Crippen molar-refractivity contribution in [2.75, 3.05) is 13.2 Å².